The molecule has 0 radical (unpaired) electrons. The van der Waals surface area contributed by atoms with E-state index in [0.29, 0.717) is 6.42 Å². The standard InChI is InChI=1S/C58H112NO8P/c1-3-5-7-9-11-13-15-17-19-21-22-23-24-25-26-27-28-29-30-31-32-33-34-35-37-39-41-43-45-47-49-51-58(61)67-56(55-66-68(62,63)65-53-52-59)54-64-57(60)50-48-46-44-42-40-38-36-20-18-16-14-12-10-8-6-4-2/h15,17,21-22,56H,3-14,16,18-20,23-55,59H2,1-2H3,(H,62,63)/b17-15-,22-21-. The first kappa shape index (κ1) is 66.5. The quantitative estimate of drug-likeness (QED) is 0.0264. The van der Waals surface area contributed by atoms with Crippen LogP contribution in [0, 0.1) is 0 Å². The van der Waals surface area contributed by atoms with E-state index in [1.54, 1.807) is 0 Å². The fraction of sp³-hybridized carbons (Fsp3) is 0.897. The number of hydrogen-bond donors (Lipinski definition) is 2. The van der Waals surface area contributed by atoms with Gasteiger partial charge in [-0.05, 0) is 44.9 Å². The average molecular weight is 983 g/mol. The van der Waals surface area contributed by atoms with Crippen LogP contribution in [0.2, 0.25) is 0 Å². The van der Waals surface area contributed by atoms with Gasteiger partial charge in [0.15, 0.2) is 6.10 Å². The van der Waals surface area contributed by atoms with Crippen molar-refractivity contribution in [3.8, 4) is 0 Å². The minimum Gasteiger partial charge on any atom is -0.462 e. The summed E-state index contributed by atoms with van der Waals surface area (Å²) in [6, 6.07) is 0. The highest BCUT2D eigenvalue weighted by molar-refractivity contribution is 7.47. The molecule has 0 aliphatic heterocycles. The molecule has 402 valence electrons. The maximum absolute atomic E-state index is 12.7. The number of rotatable bonds is 56. The summed E-state index contributed by atoms with van der Waals surface area (Å²) in [5, 5.41) is 0. The van der Waals surface area contributed by atoms with Crippen molar-refractivity contribution in [2.45, 2.75) is 309 Å². The Labute approximate surface area is 421 Å². The second kappa shape index (κ2) is 54.8. The number of carbonyl (C=O) groups excluding carboxylic acids is 2. The lowest BCUT2D eigenvalue weighted by Gasteiger charge is -2.19. The van der Waals surface area contributed by atoms with Gasteiger partial charge in [-0.1, -0.05) is 269 Å². The number of esters is 2. The number of hydrogen-bond acceptors (Lipinski definition) is 8. The lowest BCUT2D eigenvalue weighted by Crippen LogP contribution is -2.29. The van der Waals surface area contributed by atoms with Crippen LogP contribution in [0.1, 0.15) is 303 Å². The van der Waals surface area contributed by atoms with Crippen LogP contribution in [0.4, 0.5) is 0 Å². The maximum Gasteiger partial charge on any atom is 0.472 e. The molecule has 0 aromatic carbocycles. The van der Waals surface area contributed by atoms with Crippen molar-refractivity contribution >= 4 is 19.8 Å². The van der Waals surface area contributed by atoms with Gasteiger partial charge in [-0.2, -0.15) is 0 Å². The van der Waals surface area contributed by atoms with Crippen LogP contribution in [0.15, 0.2) is 24.3 Å². The van der Waals surface area contributed by atoms with E-state index < -0.39 is 26.5 Å². The molecular weight excluding hydrogens is 870 g/mol. The summed E-state index contributed by atoms with van der Waals surface area (Å²) in [7, 11) is -4.38. The van der Waals surface area contributed by atoms with E-state index in [2.05, 4.69) is 38.2 Å². The Bertz CT molecular complexity index is 1170. The molecule has 0 saturated carbocycles. The zero-order valence-electron chi connectivity index (χ0n) is 44.9. The molecular formula is C58H112NO8P. The Hall–Kier alpha value is -1.51. The molecule has 3 N–H and O–H groups in total. The number of phosphoric acid groups is 1. The van der Waals surface area contributed by atoms with Gasteiger partial charge in [-0.25, -0.2) is 4.57 Å². The molecule has 0 spiro atoms. The highest BCUT2D eigenvalue weighted by Gasteiger charge is 2.26. The zero-order chi connectivity index (χ0) is 49.5. The first-order chi connectivity index (χ1) is 33.3. The summed E-state index contributed by atoms with van der Waals surface area (Å²) in [5.41, 5.74) is 5.38. The Kier molecular flexibility index (Phi) is 53.6. The van der Waals surface area contributed by atoms with Crippen LogP contribution < -0.4 is 5.73 Å². The van der Waals surface area contributed by atoms with E-state index in [1.807, 2.05) is 0 Å². The highest BCUT2D eigenvalue weighted by atomic mass is 31.2. The molecule has 0 rings (SSSR count). The van der Waals surface area contributed by atoms with Crippen molar-refractivity contribution in [1.29, 1.82) is 0 Å². The van der Waals surface area contributed by atoms with Crippen LogP contribution in [0.25, 0.3) is 0 Å². The molecule has 0 aromatic heterocycles. The van der Waals surface area contributed by atoms with Crippen LogP contribution in [-0.2, 0) is 32.7 Å². The molecule has 0 bridgehead atoms. The fourth-order valence-electron chi connectivity index (χ4n) is 8.73. The molecule has 0 heterocycles. The van der Waals surface area contributed by atoms with Crippen molar-refractivity contribution in [1.82, 2.24) is 0 Å². The number of phosphoric ester groups is 1. The van der Waals surface area contributed by atoms with E-state index in [9.17, 15) is 19.0 Å². The van der Waals surface area contributed by atoms with Crippen LogP contribution in [0.5, 0.6) is 0 Å². The third kappa shape index (κ3) is 53.8. The molecule has 2 atom stereocenters. The predicted octanol–water partition coefficient (Wildman–Crippen LogP) is 18.2. The summed E-state index contributed by atoms with van der Waals surface area (Å²) in [6.07, 6.45) is 63.8. The van der Waals surface area contributed by atoms with Crippen molar-refractivity contribution in [3.05, 3.63) is 24.3 Å². The second-order valence-electron chi connectivity index (χ2n) is 19.9. The summed E-state index contributed by atoms with van der Waals surface area (Å²) >= 11 is 0. The maximum atomic E-state index is 12.7. The van der Waals surface area contributed by atoms with Gasteiger partial charge >= 0.3 is 19.8 Å². The van der Waals surface area contributed by atoms with Gasteiger partial charge in [0.1, 0.15) is 6.61 Å². The van der Waals surface area contributed by atoms with Gasteiger partial charge < -0.3 is 20.1 Å². The second-order valence-corrected chi connectivity index (χ2v) is 21.3. The number of carbonyl (C=O) groups is 2. The lowest BCUT2D eigenvalue weighted by atomic mass is 10.0. The summed E-state index contributed by atoms with van der Waals surface area (Å²) in [5.74, 6) is -0.809. The number of allylic oxidation sites excluding steroid dienone is 4. The monoisotopic (exact) mass is 982 g/mol. The lowest BCUT2D eigenvalue weighted by molar-refractivity contribution is -0.161. The van der Waals surface area contributed by atoms with Gasteiger partial charge in [0.25, 0.3) is 0 Å². The predicted molar refractivity (Wildman–Crippen MR) is 289 cm³/mol. The van der Waals surface area contributed by atoms with Crippen LogP contribution in [0.3, 0.4) is 0 Å². The smallest absolute Gasteiger partial charge is 0.462 e. The van der Waals surface area contributed by atoms with E-state index in [4.69, 9.17) is 24.3 Å². The minimum absolute atomic E-state index is 0.0567. The van der Waals surface area contributed by atoms with Crippen molar-refractivity contribution < 1.29 is 37.6 Å². The van der Waals surface area contributed by atoms with Gasteiger partial charge in [-0.3, -0.25) is 18.6 Å². The summed E-state index contributed by atoms with van der Waals surface area (Å²) in [4.78, 5) is 35.1. The van der Waals surface area contributed by atoms with E-state index in [-0.39, 0.29) is 38.6 Å². The van der Waals surface area contributed by atoms with E-state index in [0.717, 1.165) is 38.5 Å². The fourth-order valence-corrected chi connectivity index (χ4v) is 9.49. The van der Waals surface area contributed by atoms with Crippen LogP contribution >= 0.6 is 7.82 Å². The normalized spacial score (nSPS) is 13.2. The number of ether oxygens (including phenoxy) is 2. The molecule has 0 aliphatic rings. The number of nitrogens with two attached hydrogens (primary N) is 1. The van der Waals surface area contributed by atoms with Gasteiger partial charge in [0, 0.05) is 19.4 Å². The Morgan fingerprint density at radius 2 is 0.765 bits per heavy atom. The molecule has 10 heteroatoms. The Morgan fingerprint density at radius 1 is 0.441 bits per heavy atom. The Balaban J connectivity index is 3.86. The molecule has 68 heavy (non-hydrogen) atoms. The zero-order valence-corrected chi connectivity index (χ0v) is 45.8. The van der Waals surface area contributed by atoms with Crippen LogP contribution in [-0.4, -0.2) is 49.3 Å². The van der Waals surface area contributed by atoms with Gasteiger partial charge in [-0.15, -0.1) is 0 Å². The first-order valence-corrected chi connectivity index (χ1v) is 30.8. The van der Waals surface area contributed by atoms with Crippen molar-refractivity contribution in [2.75, 3.05) is 26.4 Å². The molecule has 0 fully saturated rings. The SMILES string of the molecule is CCCCCCC/C=C\C/C=C\CCCCCCCCCCCCCCCCCCCCCC(=O)OC(COC(=O)CCCCCCCCCCCCCCCCCC)COP(=O)(O)OCCN. The topological polar surface area (TPSA) is 134 Å². The highest BCUT2D eigenvalue weighted by Crippen LogP contribution is 2.43. The molecule has 9 nitrogen and oxygen atoms in total. The van der Waals surface area contributed by atoms with Gasteiger partial charge in [0.05, 0.1) is 13.2 Å². The van der Waals surface area contributed by atoms with E-state index in [1.165, 1.54) is 231 Å². The third-order valence-corrected chi connectivity index (χ3v) is 14.1. The van der Waals surface area contributed by atoms with Gasteiger partial charge in [0.2, 0.25) is 0 Å². The molecule has 0 saturated heterocycles. The summed E-state index contributed by atoms with van der Waals surface area (Å²) in [6.45, 7) is 3.79. The molecule has 0 aromatic rings. The third-order valence-electron chi connectivity index (χ3n) is 13.1. The summed E-state index contributed by atoms with van der Waals surface area (Å²) < 4.78 is 33.0. The Morgan fingerprint density at radius 3 is 1.12 bits per heavy atom. The molecule has 2 unspecified atom stereocenters. The first-order valence-electron chi connectivity index (χ1n) is 29.3. The minimum atomic E-state index is -4.38. The van der Waals surface area contributed by atoms with Crippen molar-refractivity contribution in [2.24, 2.45) is 5.73 Å². The molecule has 0 aliphatic carbocycles. The number of unbranched alkanes of at least 4 members (excludes halogenated alkanes) is 39. The average Bonchev–Trinajstić information content (AvgIpc) is 3.33. The molecule has 0 amide bonds. The largest absolute Gasteiger partial charge is 0.472 e. The van der Waals surface area contributed by atoms with E-state index >= 15 is 0 Å². The van der Waals surface area contributed by atoms with Crippen molar-refractivity contribution in [3.63, 3.8) is 0 Å².